The number of halogens is 21. The highest BCUT2D eigenvalue weighted by atomic mass is 35.6. The molecule has 0 N–H and O–H groups in total. The summed E-state index contributed by atoms with van der Waals surface area (Å²) in [5.41, 5.74) is 0. The van der Waals surface area contributed by atoms with Crippen LogP contribution in [0.4, 0.5) is 52.7 Å². The minimum Gasteiger partial charge on any atom is -0.199 e. The third-order valence-electron chi connectivity index (χ3n) is 0.321. The molecule has 0 atom stereocenters. The van der Waals surface area contributed by atoms with Gasteiger partial charge in [-0.2, -0.15) is 35.1 Å². The summed E-state index contributed by atoms with van der Waals surface area (Å²) < 4.78 is 119. The average molecular weight is 620 g/mol. The summed E-state index contributed by atoms with van der Waals surface area (Å²) in [5.74, 6) is -2.69. The fourth-order valence-corrected chi connectivity index (χ4v) is 0. The first-order valence-electron chi connectivity index (χ1n) is 4.31. The molecule has 0 radical (unpaired) electrons. The number of hydrogen-bond donors (Lipinski definition) is 0. The van der Waals surface area contributed by atoms with E-state index in [0.29, 0.717) is 0 Å². The van der Waals surface area contributed by atoms with Gasteiger partial charge in [-0.3, -0.25) is 0 Å². The van der Waals surface area contributed by atoms with E-state index in [0.717, 1.165) is 0 Å². The van der Waals surface area contributed by atoms with E-state index in [1.54, 1.807) is 0 Å². The van der Waals surface area contributed by atoms with Crippen LogP contribution in [0.1, 0.15) is 0 Å². The minimum absolute atomic E-state index is 2.58. The first-order valence-corrected chi connectivity index (χ1v) is 7.77. The molecule has 0 heterocycles. The molecule has 0 aliphatic carbocycles. The summed E-state index contributed by atoms with van der Waals surface area (Å²) >= 11 is 37.5. The monoisotopic (exact) mass is 616 g/mol. The SMILES string of the molecule is FC(Cl)(Cl)Cl.FC(F)(Cl)C(F)(Cl)Cl.FC(F)(Cl)Cl.FC(F)(F)F.FC(F)Cl. The van der Waals surface area contributed by atoms with Crippen LogP contribution in [0, 0.1) is 0 Å². The van der Waals surface area contributed by atoms with Crippen molar-refractivity contribution in [1.29, 1.82) is 0 Å². The van der Waals surface area contributed by atoms with Crippen LogP contribution < -0.4 is 0 Å². The zero-order chi connectivity index (χ0) is 24.1. The summed E-state index contributed by atoms with van der Waals surface area (Å²) in [6.45, 7) is 0. The van der Waals surface area contributed by atoms with Gasteiger partial charge in [0.1, 0.15) is 0 Å². The van der Waals surface area contributed by atoms with Gasteiger partial charge in [0.2, 0.25) is 0 Å². The van der Waals surface area contributed by atoms with Crippen LogP contribution in [0.2, 0.25) is 0 Å². The lowest BCUT2D eigenvalue weighted by Gasteiger charge is -2.13. The van der Waals surface area contributed by atoms with Crippen LogP contribution in [-0.4, -0.2) is 31.2 Å². The van der Waals surface area contributed by atoms with Gasteiger partial charge in [-0.25, -0.2) is 0 Å². The quantitative estimate of drug-likeness (QED) is 0.202. The van der Waals surface area contributed by atoms with E-state index < -0.39 is 31.2 Å². The third-order valence-corrected chi connectivity index (χ3v) is 1.25. The van der Waals surface area contributed by atoms with Crippen molar-refractivity contribution in [2.24, 2.45) is 0 Å². The molecule has 0 aliphatic rings. The molecule has 0 aromatic heterocycles. The molecule has 27 heavy (non-hydrogen) atoms. The first-order chi connectivity index (χ1) is 11.0. The second-order valence-corrected chi connectivity index (χ2v) is 7.85. The van der Waals surface area contributed by atoms with E-state index in [4.69, 9.17) is 0 Å². The predicted molar refractivity (Wildman–Crippen MR) is 83.4 cm³/mol. The highest BCUT2D eigenvalue weighted by molar-refractivity contribution is 6.66. The normalized spacial score (nSPS) is 12.2. The van der Waals surface area contributed by atoms with Crippen LogP contribution in [-0.2, 0) is 0 Å². The van der Waals surface area contributed by atoms with Gasteiger partial charge in [0, 0.05) is 0 Å². The molecule has 0 unspecified atom stereocenters. The van der Waals surface area contributed by atoms with E-state index in [9.17, 15) is 52.7 Å². The van der Waals surface area contributed by atoms with Crippen molar-refractivity contribution in [2.45, 2.75) is 31.2 Å². The molecule has 0 aliphatic heterocycles. The molecule has 0 nitrogen and oxygen atoms in total. The molecule has 0 spiro atoms. The van der Waals surface area contributed by atoms with Crippen molar-refractivity contribution in [3.05, 3.63) is 0 Å². The smallest absolute Gasteiger partial charge is 0.199 e. The van der Waals surface area contributed by atoms with Crippen LogP contribution in [0.5, 0.6) is 0 Å². The van der Waals surface area contributed by atoms with Gasteiger partial charge in [0.05, 0.1) is 0 Å². The largest absolute Gasteiger partial charge is 0.559 e. The van der Waals surface area contributed by atoms with Gasteiger partial charge >= 0.3 is 31.2 Å². The summed E-state index contributed by atoms with van der Waals surface area (Å²) in [6.07, 6.45) is -5.50. The standard InChI is InChI=1S/C2Cl3F3.CCl3F.CCl2F2.CHClF2.CF4/c3-1(4,6)2(5,7)8;2*2-1(3,4)5;2-1(3)4;2-1(3,4)5/h;;;1H;. The number of alkyl halides is 21. The Bertz CT molecular complexity index is 263. The molecule has 0 saturated heterocycles. The summed E-state index contributed by atoms with van der Waals surface area (Å²) in [7, 11) is 0. The van der Waals surface area contributed by atoms with Crippen LogP contribution in [0.3, 0.4) is 0 Å². The van der Waals surface area contributed by atoms with Crippen molar-refractivity contribution in [2.75, 3.05) is 0 Å². The Morgan fingerprint density at radius 3 is 0.556 bits per heavy atom. The molecule has 0 aromatic rings. The molecular weight excluding hydrogens is 619 g/mol. The van der Waals surface area contributed by atoms with Gasteiger partial charge in [0.25, 0.3) is 0 Å². The highest BCUT2D eigenvalue weighted by Crippen LogP contribution is 2.42. The summed E-state index contributed by atoms with van der Waals surface area (Å²) in [5, 5.41) is -4.23. The molecule has 172 valence electrons. The zero-order valence-corrected chi connectivity index (χ0v) is 17.8. The lowest BCUT2D eigenvalue weighted by molar-refractivity contribution is -0.237. The maximum atomic E-state index is 11.5. The Morgan fingerprint density at radius 2 is 0.556 bits per heavy atom. The zero-order valence-electron chi connectivity index (χ0n) is 11.0. The lowest BCUT2D eigenvalue weighted by atomic mass is 10.8. The Morgan fingerprint density at radius 1 is 0.519 bits per heavy atom. The van der Waals surface area contributed by atoms with E-state index in [2.05, 4.69) is 104 Å². The Kier molecular flexibility index (Phi) is 23.9. The number of hydrogen-bond acceptors (Lipinski definition) is 0. The second-order valence-electron chi connectivity index (χ2n) is 2.53. The topological polar surface area (TPSA) is 0 Å². The molecule has 0 saturated carbocycles. The minimum atomic E-state index is -5.50. The molecular formula is C6HCl9F12. The maximum absolute atomic E-state index is 11.5. The fraction of sp³-hybridized carbons (Fsp3) is 1.00. The van der Waals surface area contributed by atoms with Gasteiger partial charge in [-0.05, 0) is 69.6 Å². The van der Waals surface area contributed by atoms with E-state index in [-0.39, 0.29) is 0 Å². The molecule has 0 aromatic carbocycles. The van der Waals surface area contributed by atoms with Crippen molar-refractivity contribution < 1.29 is 52.7 Å². The van der Waals surface area contributed by atoms with Crippen LogP contribution in [0.25, 0.3) is 0 Å². The molecule has 0 rings (SSSR count). The van der Waals surface area contributed by atoms with Gasteiger partial charge < -0.3 is 0 Å². The number of rotatable bonds is 1. The van der Waals surface area contributed by atoms with Crippen molar-refractivity contribution in [3.63, 3.8) is 0 Å². The summed E-state index contributed by atoms with van der Waals surface area (Å²) in [4.78, 5) is -3.56. The predicted octanol–water partition coefficient (Wildman–Crippen LogP) is 10.1. The Labute approximate surface area is 187 Å². The molecule has 0 bridgehead atoms. The third kappa shape index (κ3) is 159. The maximum Gasteiger partial charge on any atom is 0.559 e. The van der Waals surface area contributed by atoms with E-state index in [1.165, 1.54) is 0 Å². The molecule has 21 heteroatoms. The average Bonchev–Trinajstić information content (AvgIpc) is 2.01. The van der Waals surface area contributed by atoms with Crippen LogP contribution in [0.15, 0.2) is 0 Å². The summed E-state index contributed by atoms with van der Waals surface area (Å²) in [6, 6.07) is 0. The van der Waals surface area contributed by atoms with E-state index in [1.807, 2.05) is 0 Å². The van der Waals surface area contributed by atoms with Gasteiger partial charge in [-0.15, -0.1) is 17.6 Å². The second kappa shape index (κ2) is 16.5. The Hall–Kier alpha value is 1.77. The Balaban J connectivity index is -0.0000000766. The molecule has 0 fully saturated rings. The van der Waals surface area contributed by atoms with Gasteiger partial charge in [-0.1, -0.05) is 34.8 Å². The van der Waals surface area contributed by atoms with E-state index >= 15 is 0 Å². The van der Waals surface area contributed by atoms with Gasteiger partial charge in [0.15, 0.2) is 0 Å². The first kappa shape index (κ1) is 39.3. The van der Waals surface area contributed by atoms with Crippen LogP contribution >= 0.6 is 104 Å². The van der Waals surface area contributed by atoms with Crippen molar-refractivity contribution in [3.8, 4) is 0 Å². The highest BCUT2D eigenvalue weighted by Gasteiger charge is 2.51. The molecule has 0 amide bonds. The van der Waals surface area contributed by atoms with Crippen molar-refractivity contribution in [1.82, 2.24) is 0 Å². The van der Waals surface area contributed by atoms with Crippen molar-refractivity contribution >= 4 is 104 Å². The fourth-order valence-electron chi connectivity index (χ4n) is 0. The lowest BCUT2D eigenvalue weighted by Crippen LogP contribution is -2.27.